The maximum Gasteiger partial charge on any atom is 0.0553 e. The highest BCUT2D eigenvalue weighted by atomic mass is 15.1. The second kappa shape index (κ2) is 16.9. The summed E-state index contributed by atoms with van der Waals surface area (Å²) in [7, 11) is 0. The molecule has 0 amide bonds. The van der Waals surface area contributed by atoms with E-state index < -0.39 is 0 Å². The van der Waals surface area contributed by atoms with E-state index in [-0.39, 0.29) is 0 Å². The summed E-state index contributed by atoms with van der Waals surface area (Å²) < 4.78 is 2.43. The van der Waals surface area contributed by atoms with E-state index in [1.165, 1.54) is 82.6 Å². The zero-order valence-corrected chi connectivity index (χ0v) is 36.5. The summed E-state index contributed by atoms with van der Waals surface area (Å²) in [4.78, 5) is 2.44. The normalized spacial score (nSPS) is 13.4. The maximum atomic E-state index is 2.44. The Hall–Kier alpha value is -8.46. The molecule has 0 N–H and O–H groups in total. The molecule has 0 fully saturated rings. The summed E-state index contributed by atoms with van der Waals surface area (Å²) in [5, 5.41) is 4.95. The maximum absolute atomic E-state index is 2.44. The van der Waals surface area contributed by atoms with Crippen molar-refractivity contribution in [1.82, 2.24) is 4.57 Å². The predicted molar refractivity (Wildman–Crippen MR) is 280 cm³/mol. The third-order valence-electron chi connectivity index (χ3n) is 13.2. The minimum atomic E-state index is 0.326. The van der Waals surface area contributed by atoms with Crippen molar-refractivity contribution in [2.24, 2.45) is 0 Å². The lowest BCUT2D eigenvalue weighted by Gasteiger charge is -2.27. The van der Waals surface area contributed by atoms with Gasteiger partial charge in [-0.1, -0.05) is 182 Å². The predicted octanol–water partition coefficient (Wildman–Crippen LogP) is 17.7. The Kier molecular flexibility index (Phi) is 10.0. The first kappa shape index (κ1) is 39.2. The molecule has 10 aromatic carbocycles. The minimum absolute atomic E-state index is 0.326. The lowest BCUT2D eigenvalue weighted by atomic mass is 9.91. The molecule has 312 valence electrons. The smallest absolute Gasteiger partial charge is 0.0553 e. The third kappa shape index (κ3) is 7.19. The average molecular weight is 843 g/mol. The number of hydrogen-bond donors (Lipinski definition) is 0. The van der Waals surface area contributed by atoms with Gasteiger partial charge < -0.3 is 9.47 Å². The number of nitrogens with zero attached hydrogens (tertiary/aromatic N) is 2. The van der Waals surface area contributed by atoms with E-state index in [4.69, 9.17) is 0 Å². The average Bonchev–Trinajstić information content (AvgIpc) is 3.73. The topological polar surface area (TPSA) is 8.17 Å². The lowest BCUT2D eigenvalue weighted by Crippen LogP contribution is -2.11. The zero-order chi connectivity index (χ0) is 43.8. The Labute approximate surface area is 386 Å². The molecule has 11 aromatic rings. The highest BCUT2D eigenvalue weighted by Gasteiger charge is 2.22. The number of anilines is 3. The Morgan fingerprint density at radius 3 is 1.64 bits per heavy atom. The van der Waals surface area contributed by atoms with Crippen LogP contribution in [0.2, 0.25) is 0 Å². The van der Waals surface area contributed by atoms with Gasteiger partial charge in [0.05, 0.1) is 11.0 Å². The Morgan fingerprint density at radius 1 is 0.379 bits per heavy atom. The first-order valence-corrected chi connectivity index (χ1v) is 22.9. The Bertz CT molecular complexity index is 3540. The second-order valence-electron chi connectivity index (χ2n) is 17.3. The van der Waals surface area contributed by atoms with Crippen LogP contribution in [-0.2, 0) is 0 Å². The molecule has 0 saturated carbocycles. The summed E-state index contributed by atoms with van der Waals surface area (Å²) in [6, 6.07) is 86.7. The fraction of sp³-hybridized carbons (Fsp3) is 0.0312. The molecule has 2 nitrogen and oxygen atoms in total. The van der Waals surface area contributed by atoms with Crippen LogP contribution in [0, 0.1) is 0 Å². The van der Waals surface area contributed by atoms with E-state index >= 15 is 0 Å². The SMILES string of the molecule is C1=CCC(c2cccc(N(c3ccc(-c4cc(-c5ccccc5)cc(-c5ccccc5)c4)cc3)c3cccc(-c4c5ccccc5cc5c4c4ccccc4n5-c4ccccc4)c3)c2)C=C1. The van der Waals surface area contributed by atoms with Crippen LogP contribution in [0.25, 0.3) is 82.8 Å². The van der Waals surface area contributed by atoms with Gasteiger partial charge in [-0.2, -0.15) is 0 Å². The number of benzene rings is 10. The summed E-state index contributed by atoms with van der Waals surface area (Å²) >= 11 is 0. The van der Waals surface area contributed by atoms with E-state index in [0.29, 0.717) is 5.92 Å². The van der Waals surface area contributed by atoms with Gasteiger partial charge in [0.15, 0.2) is 0 Å². The molecule has 0 bridgehead atoms. The lowest BCUT2D eigenvalue weighted by molar-refractivity contribution is 0.853. The first-order chi connectivity index (χ1) is 32.7. The van der Waals surface area contributed by atoms with Gasteiger partial charge in [0, 0.05) is 39.4 Å². The van der Waals surface area contributed by atoms with Crippen molar-refractivity contribution >= 4 is 49.6 Å². The fourth-order valence-corrected chi connectivity index (χ4v) is 10.1. The van der Waals surface area contributed by atoms with Gasteiger partial charge >= 0.3 is 0 Å². The number of rotatable bonds is 9. The summed E-state index contributed by atoms with van der Waals surface area (Å²) in [5.41, 5.74) is 17.8. The van der Waals surface area contributed by atoms with Gasteiger partial charge in [0.2, 0.25) is 0 Å². The van der Waals surface area contributed by atoms with Crippen molar-refractivity contribution < 1.29 is 0 Å². The Balaban J connectivity index is 1.03. The highest BCUT2D eigenvalue weighted by molar-refractivity contribution is 6.23. The van der Waals surface area contributed by atoms with Gasteiger partial charge in [-0.3, -0.25) is 0 Å². The van der Waals surface area contributed by atoms with E-state index in [1.807, 2.05) is 0 Å². The number of para-hydroxylation sites is 2. The largest absolute Gasteiger partial charge is 0.310 e. The van der Waals surface area contributed by atoms with Crippen LogP contribution in [-0.4, -0.2) is 4.57 Å². The summed E-state index contributed by atoms with van der Waals surface area (Å²) in [6.45, 7) is 0. The van der Waals surface area contributed by atoms with Crippen LogP contribution in [0.5, 0.6) is 0 Å². The van der Waals surface area contributed by atoms with Crippen LogP contribution in [0.4, 0.5) is 17.1 Å². The molecule has 0 saturated heterocycles. The van der Waals surface area contributed by atoms with Crippen molar-refractivity contribution in [2.45, 2.75) is 12.3 Å². The van der Waals surface area contributed by atoms with Crippen LogP contribution in [0.1, 0.15) is 17.9 Å². The molecule has 2 heteroatoms. The van der Waals surface area contributed by atoms with Crippen molar-refractivity contribution in [2.75, 3.05) is 4.90 Å². The van der Waals surface area contributed by atoms with Crippen LogP contribution >= 0.6 is 0 Å². The molecule has 1 atom stereocenters. The minimum Gasteiger partial charge on any atom is -0.310 e. The molecule has 0 aliphatic heterocycles. The van der Waals surface area contributed by atoms with Crippen molar-refractivity contribution in [3.63, 3.8) is 0 Å². The van der Waals surface area contributed by atoms with Gasteiger partial charge in [0.25, 0.3) is 0 Å². The third-order valence-corrected chi connectivity index (χ3v) is 13.2. The van der Waals surface area contributed by atoms with Gasteiger partial charge in [-0.15, -0.1) is 0 Å². The molecule has 1 unspecified atom stereocenters. The van der Waals surface area contributed by atoms with Crippen LogP contribution in [0.15, 0.2) is 261 Å². The number of hydrogen-bond acceptors (Lipinski definition) is 1. The molecule has 1 heterocycles. The van der Waals surface area contributed by atoms with E-state index in [1.54, 1.807) is 0 Å². The van der Waals surface area contributed by atoms with Crippen LogP contribution in [0.3, 0.4) is 0 Å². The fourth-order valence-electron chi connectivity index (χ4n) is 10.1. The van der Waals surface area contributed by atoms with Gasteiger partial charge in [-0.25, -0.2) is 0 Å². The van der Waals surface area contributed by atoms with Gasteiger partial charge in [-0.05, 0) is 146 Å². The zero-order valence-electron chi connectivity index (χ0n) is 36.5. The van der Waals surface area contributed by atoms with Gasteiger partial charge in [0.1, 0.15) is 0 Å². The molecule has 12 rings (SSSR count). The van der Waals surface area contributed by atoms with Crippen molar-refractivity contribution in [3.05, 3.63) is 266 Å². The molecular weight excluding hydrogens is 797 g/mol. The quantitative estimate of drug-likeness (QED) is 0.141. The van der Waals surface area contributed by atoms with E-state index in [2.05, 4.69) is 270 Å². The molecular formula is C64H46N2. The second-order valence-corrected chi connectivity index (χ2v) is 17.3. The molecule has 66 heavy (non-hydrogen) atoms. The molecule has 1 aliphatic carbocycles. The molecule has 0 radical (unpaired) electrons. The first-order valence-electron chi connectivity index (χ1n) is 22.9. The van der Waals surface area contributed by atoms with E-state index in [0.717, 1.165) is 29.2 Å². The van der Waals surface area contributed by atoms with Crippen molar-refractivity contribution in [1.29, 1.82) is 0 Å². The van der Waals surface area contributed by atoms with E-state index in [9.17, 15) is 0 Å². The highest BCUT2D eigenvalue weighted by Crippen LogP contribution is 2.46. The van der Waals surface area contributed by atoms with Crippen molar-refractivity contribution in [3.8, 4) is 50.2 Å². The molecule has 1 aliphatic rings. The summed E-state index contributed by atoms with van der Waals surface area (Å²) in [5.74, 6) is 0.326. The number of fused-ring (bicyclic) bond motifs is 4. The Morgan fingerprint density at radius 2 is 0.955 bits per heavy atom. The van der Waals surface area contributed by atoms with Crippen LogP contribution < -0.4 is 4.90 Å². The summed E-state index contributed by atoms with van der Waals surface area (Å²) in [6.07, 6.45) is 9.91. The molecule has 0 spiro atoms. The number of aromatic nitrogens is 1. The number of allylic oxidation sites excluding steroid dienone is 4. The monoisotopic (exact) mass is 842 g/mol. The standard InChI is InChI=1S/C64H46N2/c1-5-19-45(20-6-1)49-26-17-30-57(42-49)65(56-37-35-48(36-38-56)54-40-52(46-21-7-2-8-22-46)39-53(41-54)47-23-9-3-10-24-47)58-31-18-27-51(43-58)63-59-32-14-13-25-50(59)44-62-64(63)60-33-15-16-34-61(60)66(62)55-28-11-4-12-29-55/h1-19,21-45H,20H2. The molecule has 1 aromatic heterocycles.